The first-order chi connectivity index (χ1) is 9.19. The smallest absolute Gasteiger partial charge is 0.218 e. The van der Waals surface area contributed by atoms with E-state index in [1.165, 1.54) is 6.92 Å². The Hall–Kier alpha value is -2.35. The molecule has 0 fully saturated rings. The molecule has 1 amide bonds. The molecule has 2 rings (SSSR count). The average Bonchev–Trinajstić information content (AvgIpc) is 2.46. The van der Waals surface area contributed by atoms with Crippen molar-refractivity contribution in [3.8, 4) is 0 Å². The number of carbonyl (C=O) groups is 1. The Labute approximate surface area is 113 Å². The topological polar surface area (TPSA) is 29.1 Å². The molecule has 0 heterocycles. The van der Waals surface area contributed by atoms with E-state index in [1.807, 2.05) is 60.7 Å². The van der Waals surface area contributed by atoms with Gasteiger partial charge in [0.15, 0.2) is 0 Å². The molecular weight excluding hydrogens is 234 g/mol. The van der Waals surface area contributed by atoms with Crippen LogP contribution in [0.2, 0.25) is 0 Å². The molecule has 0 aliphatic carbocycles. The van der Waals surface area contributed by atoms with Crippen LogP contribution in [0.4, 0.5) is 0 Å². The molecule has 1 N–H and O–H groups in total. The Morgan fingerprint density at radius 1 is 1.00 bits per heavy atom. The highest BCUT2D eigenvalue weighted by molar-refractivity contribution is 5.75. The van der Waals surface area contributed by atoms with Crippen LogP contribution < -0.4 is 5.32 Å². The van der Waals surface area contributed by atoms with Gasteiger partial charge in [0.05, 0.1) is 0 Å². The third-order valence-electron chi connectivity index (χ3n) is 3.14. The predicted molar refractivity (Wildman–Crippen MR) is 77.7 cm³/mol. The zero-order valence-corrected chi connectivity index (χ0v) is 11.0. The molecule has 19 heavy (non-hydrogen) atoms. The van der Waals surface area contributed by atoms with Crippen molar-refractivity contribution in [1.29, 1.82) is 0 Å². The fraction of sp³-hybridized carbons (Fsp3) is 0.118. The monoisotopic (exact) mass is 251 g/mol. The summed E-state index contributed by atoms with van der Waals surface area (Å²) in [5, 5.41) is 3.02. The summed E-state index contributed by atoms with van der Waals surface area (Å²) < 4.78 is 0. The summed E-state index contributed by atoms with van der Waals surface area (Å²) in [6.07, 6.45) is 1.78. The number of carbonyl (C=O) groups excluding carboxylic acids is 1. The van der Waals surface area contributed by atoms with Crippen LogP contribution in [0.1, 0.15) is 18.1 Å². The van der Waals surface area contributed by atoms with Crippen molar-refractivity contribution in [2.24, 2.45) is 0 Å². The molecule has 0 saturated carbocycles. The molecule has 0 aromatic heterocycles. The molecule has 0 aliphatic heterocycles. The van der Waals surface area contributed by atoms with E-state index >= 15 is 0 Å². The van der Waals surface area contributed by atoms with Crippen molar-refractivity contribution in [1.82, 2.24) is 5.32 Å². The second-order valence-electron chi connectivity index (χ2n) is 4.43. The summed E-state index contributed by atoms with van der Waals surface area (Å²) in [6.45, 7) is 5.44. The van der Waals surface area contributed by atoms with Crippen molar-refractivity contribution < 1.29 is 4.79 Å². The van der Waals surface area contributed by atoms with Crippen molar-refractivity contribution in [3.05, 3.63) is 84.4 Å². The standard InChI is InChI=1S/C17H17NO/c1-3-17(18-14(2)19,15-10-6-4-7-11-15)16-12-8-5-9-13-16/h3-13H,1H2,2H3,(H,18,19). The third kappa shape index (κ3) is 2.58. The Bertz CT molecular complexity index is 521. The van der Waals surface area contributed by atoms with Crippen LogP contribution in [0.3, 0.4) is 0 Å². The van der Waals surface area contributed by atoms with Gasteiger partial charge in [-0.15, -0.1) is 6.58 Å². The molecule has 2 aromatic rings. The van der Waals surface area contributed by atoms with E-state index in [9.17, 15) is 4.79 Å². The van der Waals surface area contributed by atoms with Crippen LogP contribution in [0.15, 0.2) is 73.3 Å². The molecule has 0 radical (unpaired) electrons. The zero-order valence-electron chi connectivity index (χ0n) is 11.0. The normalized spacial score (nSPS) is 10.8. The highest BCUT2D eigenvalue weighted by atomic mass is 16.1. The number of hydrogen-bond donors (Lipinski definition) is 1. The van der Waals surface area contributed by atoms with Crippen LogP contribution in [0.25, 0.3) is 0 Å². The van der Waals surface area contributed by atoms with E-state index in [4.69, 9.17) is 0 Å². The lowest BCUT2D eigenvalue weighted by Crippen LogP contribution is -2.44. The molecule has 0 spiro atoms. The number of nitrogens with one attached hydrogen (secondary N) is 1. The SMILES string of the molecule is C=CC(NC(C)=O)(c1ccccc1)c1ccccc1. The van der Waals surface area contributed by atoms with Gasteiger partial charge in [-0.25, -0.2) is 0 Å². The van der Waals surface area contributed by atoms with E-state index in [2.05, 4.69) is 11.9 Å². The first-order valence-electron chi connectivity index (χ1n) is 6.22. The van der Waals surface area contributed by atoms with Gasteiger partial charge in [-0.3, -0.25) is 4.79 Å². The first-order valence-corrected chi connectivity index (χ1v) is 6.22. The van der Waals surface area contributed by atoms with Crippen molar-refractivity contribution in [2.75, 3.05) is 0 Å². The van der Waals surface area contributed by atoms with E-state index in [-0.39, 0.29) is 5.91 Å². The minimum absolute atomic E-state index is 0.0902. The first kappa shape index (κ1) is 13.1. The maximum absolute atomic E-state index is 11.6. The van der Waals surface area contributed by atoms with Gasteiger partial charge in [0.25, 0.3) is 0 Å². The summed E-state index contributed by atoms with van der Waals surface area (Å²) in [5.41, 5.74) is 1.30. The van der Waals surface area contributed by atoms with Crippen molar-refractivity contribution >= 4 is 5.91 Å². The second-order valence-corrected chi connectivity index (χ2v) is 4.43. The third-order valence-corrected chi connectivity index (χ3v) is 3.14. The Morgan fingerprint density at radius 3 is 1.74 bits per heavy atom. The Balaban J connectivity index is 2.61. The summed E-state index contributed by atoms with van der Waals surface area (Å²) >= 11 is 0. The van der Waals surface area contributed by atoms with Crippen LogP contribution >= 0.6 is 0 Å². The molecule has 0 saturated heterocycles. The predicted octanol–water partition coefficient (Wildman–Crippen LogP) is 3.25. The van der Waals surface area contributed by atoms with E-state index < -0.39 is 5.54 Å². The molecule has 0 atom stereocenters. The molecule has 0 aliphatic rings. The lowest BCUT2D eigenvalue weighted by molar-refractivity contribution is -0.120. The second kappa shape index (κ2) is 5.53. The lowest BCUT2D eigenvalue weighted by atomic mass is 9.83. The molecule has 2 nitrogen and oxygen atoms in total. The number of amides is 1. The van der Waals surface area contributed by atoms with E-state index in [0.29, 0.717) is 0 Å². The largest absolute Gasteiger partial charge is 0.339 e. The fourth-order valence-electron chi connectivity index (χ4n) is 2.28. The fourth-order valence-corrected chi connectivity index (χ4v) is 2.28. The average molecular weight is 251 g/mol. The summed E-state index contributed by atoms with van der Waals surface area (Å²) in [6, 6.07) is 19.7. The van der Waals surface area contributed by atoms with Crippen LogP contribution in [-0.2, 0) is 10.3 Å². The van der Waals surface area contributed by atoms with E-state index in [0.717, 1.165) is 11.1 Å². The quantitative estimate of drug-likeness (QED) is 0.830. The Morgan fingerprint density at radius 2 is 1.42 bits per heavy atom. The maximum atomic E-state index is 11.6. The molecule has 0 unspecified atom stereocenters. The highest BCUT2D eigenvalue weighted by Crippen LogP contribution is 2.30. The molecule has 2 aromatic carbocycles. The van der Waals surface area contributed by atoms with Gasteiger partial charge in [0.1, 0.15) is 5.54 Å². The molecule has 96 valence electrons. The summed E-state index contributed by atoms with van der Waals surface area (Å²) in [7, 11) is 0. The number of hydrogen-bond acceptors (Lipinski definition) is 1. The molecule has 2 heteroatoms. The minimum Gasteiger partial charge on any atom is -0.339 e. The summed E-state index contributed by atoms with van der Waals surface area (Å²) in [5.74, 6) is -0.0902. The van der Waals surface area contributed by atoms with Gasteiger partial charge >= 0.3 is 0 Å². The summed E-state index contributed by atoms with van der Waals surface area (Å²) in [4.78, 5) is 11.6. The number of rotatable bonds is 4. The number of benzene rings is 2. The van der Waals surface area contributed by atoms with Gasteiger partial charge in [-0.2, -0.15) is 0 Å². The minimum atomic E-state index is -0.686. The lowest BCUT2D eigenvalue weighted by Gasteiger charge is -2.32. The van der Waals surface area contributed by atoms with Crippen molar-refractivity contribution in [2.45, 2.75) is 12.5 Å². The van der Waals surface area contributed by atoms with Gasteiger partial charge in [-0.1, -0.05) is 66.7 Å². The van der Waals surface area contributed by atoms with Crippen molar-refractivity contribution in [3.63, 3.8) is 0 Å². The van der Waals surface area contributed by atoms with Crippen LogP contribution in [-0.4, -0.2) is 5.91 Å². The molecular formula is C17H17NO. The zero-order chi connectivity index (χ0) is 13.7. The van der Waals surface area contributed by atoms with E-state index in [1.54, 1.807) is 6.08 Å². The van der Waals surface area contributed by atoms with Gasteiger partial charge in [0, 0.05) is 6.92 Å². The van der Waals surface area contributed by atoms with Gasteiger partial charge in [0.2, 0.25) is 5.91 Å². The Kier molecular flexibility index (Phi) is 3.81. The maximum Gasteiger partial charge on any atom is 0.218 e. The van der Waals surface area contributed by atoms with Gasteiger partial charge < -0.3 is 5.32 Å². The molecule has 0 bridgehead atoms. The highest BCUT2D eigenvalue weighted by Gasteiger charge is 2.31. The van der Waals surface area contributed by atoms with Crippen LogP contribution in [0.5, 0.6) is 0 Å². The van der Waals surface area contributed by atoms with Gasteiger partial charge in [-0.05, 0) is 11.1 Å². The van der Waals surface area contributed by atoms with Crippen LogP contribution in [0, 0.1) is 0 Å².